The normalized spacial score (nSPS) is 12.7. The van der Waals surface area contributed by atoms with Crippen molar-refractivity contribution in [2.75, 3.05) is 30.4 Å². The molecule has 1 aliphatic heterocycles. The van der Waals surface area contributed by atoms with Crippen LogP contribution in [0.5, 0.6) is 11.5 Å². The lowest BCUT2D eigenvalue weighted by molar-refractivity contribution is 0.103. The van der Waals surface area contributed by atoms with Gasteiger partial charge in [-0.15, -0.1) is 0 Å². The Labute approximate surface area is 168 Å². The number of nitrogens with zero attached hydrogens (tertiary/aromatic N) is 1. The molecule has 0 fully saturated rings. The minimum atomic E-state index is -3.90. The van der Waals surface area contributed by atoms with Crippen LogP contribution in [-0.4, -0.2) is 35.1 Å². The van der Waals surface area contributed by atoms with Gasteiger partial charge in [-0.2, -0.15) is 0 Å². The third-order valence-electron chi connectivity index (χ3n) is 5.00. The van der Waals surface area contributed by atoms with Crippen molar-refractivity contribution in [3.8, 4) is 11.5 Å². The van der Waals surface area contributed by atoms with Crippen LogP contribution in [0.25, 0.3) is 10.8 Å². The Hall–Kier alpha value is -3.26. The number of sulfonamides is 1. The smallest absolute Gasteiger partial charge is 0.264 e. The van der Waals surface area contributed by atoms with Crippen molar-refractivity contribution < 1.29 is 22.7 Å². The molecule has 1 aliphatic rings. The molecule has 0 aliphatic carbocycles. The first kappa shape index (κ1) is 19.1. The average Bonchev–Trinajstić information content (AvgIpc) is 3.05. The molecule has 0 saturated carbocycles. The number of hydrogen-bond acceptors (Lipinski definition) is 5. The zero-order valence-corrected chi connectivity index (χ0v) is 17.0. The predicted molar refractivity (Wildman–Crippen MR) is 112 cm³/mol. The summed E-state index contributed by atoms with van der Waals surface area (Å²) in [7, 11) is -0.879. The largest absolute Gasteiger partial charge is 0.493 e. The van der Waals surface area contributed by atoms with Gasteiger partial charge >= 0.3 is 0 Å². The van der Waals surface area contributed by atoms with E-state index in [1.165, 1.54) is 24.6 Å². The average molecular weight is 412 g/mol. The van der Waals surface area contributed by atoms with Crippen molar-refractivity contribution in [1.82, 2.24) is 0 Å². The Bertz CT molecular complexity index is 1240. The molecule has 7 nitrogen and oxygen atoms in total. The first-order chi connectivity index (χ1) is 13.9. The summed E-state index contributed by atoms with van der Waals surface area (Å²) in [5, 5.41) is 3.91. The van der Waals surface area contributed by atoms with Crippen molar-refractivity contribution >= 4 is 38.1 Å². The highest BCUT2D eigenvalue weighted by Gasteiger charge is 2.30. The van der Waals surface area contributed by atoms with E-state index < -0.39 is 10.0 Å². The van der Waals surface area contributed by atoms with Gasteiger partial charge in [-0.25, -0.2) is 8.42 Å². The van der Waals surface area contributed by atoms with Crippen molar-refractivity contribution in [3.63, 3.8) is 0 Å². The summed E-state index contributed by atoms with van der Waals surface area (Å²) in [5.41, 5.74) is 1.56. The molecule has 0 aromatic heterocycles. The minimum absolute atomic E-state index is 0.145. The third-order valence-corrected chi connectivity index (χ3v) is 6.96. The van der Waals surface area contributed by atoms with E-state index in [9.17, 15) is 13.2 Å². The van der Waals surface area contributed by atoms with Crippen LogP contribution in [0.4, 0.5) is 11.4 Å². The molecule has 150 valence electrons. The van der Waals surface area contributed by atoms with Crippen LogP contribution < -0.4 is 19.1 Å². The molecule has 3 aromatic carbocycles. The Morgan fingerprint density at radius 2 is 1.76 bits per heavy atom. The van der Waals surface area contributed by atoms with Gasteiger partial charge in [0.1, 0.15) is 0 Å². The summed E-state index contributed by atoms with van der Waals surface area (Å²) in [6.45, 7) is 1.98. The molecular weight excluding hydrogens is 392 g/mol. The van der Waals surface area contributed by atoms with E-state index in [4.69, 9.17) is 9.47 Å². The van der Waals surface area contributed by atoms with E-state index in [0.717, 1.165) is 0 Å². The van der Waals surface area contributed by atoms with E-state index in [-0.39, 0.29) is 17.3 Å². The van der Waals surface area contributed by atoms with Gasteiger partial charge in [-0.1, -0.05) is 12.1 Å². The van der Waals surface area contributed by atoms with Crippen LogP contribution >= 0.6 is 0 Å². The van der Waals surface area contributed by atoms with Gasteiger partial charge in [0.05, 0.1) is 24.8 Å². The molecule has 0 atom stereocenters. The summed E-state index contributed by atoms with van der Waals surface area (Å²) in [4.78, 5) is 12.3. The van der Waals surface area contributed by atoms with Crippen molar-refractivity contribution in [2.45, 2.75) is 11.8 Å². The number of carbonyl (C=O) groups excluding carboxylic acids is 1. The molecule has 1 N–H and O–H groups in total. The summed E-state index contributed by atoms with van der Waals surface area (Å²) >= 11 is 0. The SMILES string of the molecule is CCN(c1ccc(OC)c(OC)c1)S(=O)(=O)c1ccc2c3c(cccc13)C(=O)N2. The number of rotatable bonds is 6. The van der Waals surface area contributed by atoms with Gasteiger partial charge in [0.15, 0.2) is 11.5 Å². The summed E-state index contributed by atoms with van der Waals surface area (Å²) < 4.78 is 39.1. The van der Waals surface area contributed by atoms with Gasteiger partial charge in [0.25, 0.3) is 15.9 Å². The fraction of sp³-hybridized carbons (Fsp3) is 0.190. The Kier molecular flexibility index (Phi) is 4.58. The summed E-state index contributed by atoms with van der Waals surface area (Å²) in [6, 6.07) is 13.2. The molecule has 3 aromatic rings. The maximum Gasteiger partial charge on any atom is 0.264 e. The number of amides is 1. The van der Waals surface area contributed by atoms with E-state index in [1.807, 2.05) is 0 Å². The highest BCUT2D eigenvalue weighted by Crippen LogP contribution is 2.39. The standard InChI is InChI=1S/C21H20N2O5S/c1-4-23(13-8-10-17(27-2)18(12-13)28-3)29(25,26)19-11-9-16-20-14(19)6-5-7-15(20)21(24)22-16/h5-12H,4H2,1-3H3,(H,22,24). The van der Waals surface area contributed by atoms with E-state index >= 15 is 0 Å². The lowest BCUT2D eigenvalue weighted by atomic mass is 10.1. The fourth-order valence-electron chi connectivity index (χ4n) is 3.68. The maximum atomic E-state index is 13.6. The Morgan fingerprint density at radius 1 is 1.00 bits per heavy atom. The molecular formula is C21H20N2O5S. The minimum Gasteiger partial charge on any atom is -0.493 e. The number of hydrogen-bond donors (Lipinski definition) is 1. The maximum absolute atomic E-state index is 13.6. The predicted octanol–water partition coefficient (Wildman–Crippen LogP) is 3.64. The second-order valence-corrected chi connectivity index (χ2v) is 8.33. The highest BCUT2D eigenvalue weighted by molar-refractivity contribution is 7.93. The zero-order valence-electron chi connectivity index (χ0n) is 16.2. The molecule has 1 amide bonds. The topological polar surface area (TPSA) is 84.9 Å². The molecule has 0 radical (unpaired) electrons. The van der Waals surface area contributed by atoms with Gasteiger partial charge < -0.3 is 14.8 Å². The van der Waals surface area contributed by atoms with Crippen LogP contribution in [0.1, 0.15) is 17.3 Å². The van der Waals surface area contributed by atoms with Crippen LogP contribution in [0.15, 0.2) is 53.4 Å². The highest BCUT2D eigenvalue weighted by atomic mass is 32.2. The quantitative estimate of drug-likeness (QED) is 0.668. The van der Waals surface area contributed by atoms with E-state index in [0.29, 0.717) is 39.2 Å². The number of ether oxygens (including phenoxy) is 2. The van der Waals surface area contributed by atoms with Crippen molar-refractivity contribution in [3.05, 3.63) is 54.1 Å². The number of benzene rings is 3. The fourth-order valence-corrected chi connectivity index (χ4v) is 5.33. The van der Waals surface area contributed by atoms with Crippen LogP contribution in [0.2, 0.25) is 0 Å². The van der Waals surface area contributed by atoms with E-state index in [2.05, 4.69) is 5.32 Å². The molecule has 0 spiro atoms. The molecule has 29 heavy (non-hydrogen) atoms. The molecule has 8 heteroatoms. The Balaban J connectivity index is 1.89. The van der Waals surface area contributed by atoms with Crippen molar-refractivity contribution in [2.24, 2.45) is 0 Å². The van der Waals surface area contributed by atoms with Crippen LogP contribution in [-0.2, 0) is 10.0 Å². The second-order valence-electron chi connectivity index (χ2n) is 6.50. The third kappa shape index (κ3) is 2.87. The summed E-state index contributed by atoms with van der Waals surface area (Å²) in [6.07, 6.45) is 0. The number of carbonyl (C=O) groups is 1. The number of methoxy groups -OCH3 is 2. The first-order valence-electron chi connectivity index (χ1n) is 9.04. The van der Waals surface area contributed by atoms with Gasteiger partial charge in [-0.3, -0.25) is 9.10 Å². The first-order valence-corrected chi connectivity index (χ1v) is 10.5. The van der Waals surface area contributed by atoms with Gasteiger partial charge in [-0.05, 0) is 37.3 Å². The van der Waals surface area contributed by atoms with E-state index in [1.54, 1.807) is 49.4 Å². The lowest BCUT2D eigenvalue weighted by Gasteiger charge is -2.24. The van der Waals surface area contributed by atoms with Crippen LogP contribution in [0, 0.1) is 0 Å². The van der Waals surface area contributed by atoms with Crippen molar-refractivity contribution in [1.29, 1.82) is 0 Å². The van der Waals surface area contributed by atoms with Crippen LogP contribution in [0.3, 0.4) is 0 Å². The number of nitrogens with one attached hydrogen (secondary N) is 1. The van der Waals surface area contributed by atoms with Gasteiger partial charge in [0, 0.05) is 34.6 Å². The van der Waals surface area contributed by atoms with Gasteiger partial charge in [0.2, 0.25) is 0 Å². The number of anilines is 2. The molecule has 4 rings (SSSR count). The second kappa shape index (κ2) is 6.97. The molecule has 0 saturated heterocycles. The molecule has 1 heterocycles. The molecule has 0 unspecified atom stereocenters. The molecule has 0 bridgehead atoms. The Morgan fingerprint density at radius 3 is 2.45 bits per heavy atom. The zero-order chi connectivity index (χ0) is 20.8. The summed E-state index contributed by atoms with van der Waals surface area (Å²) in [5.74, 6) is 0.723. The lowest BCUT2D eigenvalue weighted by Crippen LogP contribution is -2.31. The monoisotopic (exact) mass is 412 g/mol.